The molecule has 2 N–H and O–H groups in total. The van der Waals surface area contributed by atoms with Crippen LogP contribution in [0.2, 0.25) is 0 Å². The second-order valence-electron chi connectivity index (χ2n) is 5.95. The number of nitrogens with zero attached hydrogens (tertiary/aromatic N) is 2. The lowest BCUT2D eigenvalue weighted by atomic mass is 10.1. The molecule has 3 atom stereocenters. The number of carbonyl (C=O) groups excluding carboxylic acids is 2. The Morgan fingerprint density at radius 3 is 2.48 bits per heavy atom. The first kappa shape index (κ1) is 19.2. The molecule has 0 heterocycles. The molecule has 23 heavy (non-hydrogen) atoms. The fraction of sp³-hybridized carbons (Fsp3) is 0.800. The van der Waals surface area contributed by atoms with Gasteiger partial charge in [0, 0.05) is 13.1 Å². The van der Waals surface area contributed by atoms with E-state index in [9.17, 15) is 14.4 Å². The van der Waals surface area contributed by atoms with Gasteiger partial charge in [-0.05, 0) is 32.6 Å². The molecule has 132 valence electrons. The van der Waals surface area contributed by atoms with Crippen molar-refractivity contribution in [2.45, 2.75) is 52.1 Å². The number of hydrogen-bond acceptors (Lipinski definition) is 5. The van der Waals surface area contributed by atoms with Crippen LogP contribution in [0.1, 0.15) is 40.0 Å². The maximum atomic E-state index is 12.5. The molecule has 8 nitrogen and oxygen atoms in total. The van der Waals surface area contributed by atoms with E-state index in [-0.39, 0.29) is 25.1 Å². The molecule has 3 unspecified atom stereocenters. The fourth-order valence-corrected chi connectivity index (χ4v) is 2.81. The fourth-order valence-electron chi connectivity index (χ4n) is 2.81. The maximum Gasteiger partial charge on any atom is 0.332 e. The predicted molar refractivity (Wildman–Crippen MR) is 83.5 cm³/mol. The first-order valence-corrected chi connectivity index (χ1v) is 7.96. The second kappa shape index (κ2) is 8.71. The van der Waals surface area contributed by atoms with Crippen LogP contribution in [-0.2, 0) is 14.3 Å². The van der Waals surface area contributed by atoms with E-state index < -0.39 is 24.0 Å². The average Bonchev–Trinajstić information content (AvgIpc) is 2.89. The van der Waals surface area contributed by atoms with Crippen LogP contribution in [-0.4, -0.2) is 65.3 Å². The summed E-state index contributed by atoms with van der Waals surface area (Å²) in [6.45, 7) is 5.24. The minimum absolute atomic E-state index is 0.0996. The quantitative estimate of drug-likeness (QED) is 0.535. The van der Waals surface area contributed by atoms with Crippen molar-refractivity contribution in [2.24, 2.45) is 5.92 Å². The normalized spacial score (nSPS) is 21.8. The number of aliphatic carboxylic acids is 1. The first-order valence-electron chi connectivity index (χ1n) is 7.96. The molecule has 2 amide bonds. The predicted octanol–water partition coefficient (Wildman–Crippen LogP) is 1.07. The standard InChI is InChI=1S/C15H27N3O5/c1-5-23-14(21)11(3)17(4)16-15(22)18(9-13(19)20)12-8-6-7-10(12)2/h10-12H,5-9H2,1-4H3,(H,16,22)(H,19,20). The van der Waals surface area contributed by atoms with Gasteiger partial charge in [-0.3, -0.25) is 15.0 Å². The van der Waals surface area contributed by atoms with Gasteiger partial charge < -0.3 is 14.7 Å². The summed E-state index contributed by atoms with van der Waals surface area (Å²) in [5.41, 5.74) is 2.58. The van der Waals surface area contributed by atoms with Gasteiger partial charge >= 0.3 is 18.0 Å². The van der Waals surface area contributed by atoms with Crippen LogP contribution < -0.4 is 5.43 Å². The summed E-state index contributed by atoms with van der Waals surface area (Å²) < 4.78 is 4.91. The number of carboxylic acid groups (broad SMARTS) is 1. The molecular weight excluding hydrogens is 302 g/mol. The number of amides is 2. The van der Waals surface area contributed by atoms with E-state index >= 15 is 0 Å². The Morgan fingerprint density at radius 1 is 1.35 bits per heavy atom. The van der Waals surface area contributed by atoms with Gasteiger partial charge in [-0.15, -0.1) is 0 Å². The number of esters is 1. The lowest BCUT2D eigenvalue weighted by Gasteiger charge is -2.33. The SMILES string of the molecule is CCOC(=O)C(C)N(C)NC(=O)N(CC(=O)O)C1CCCC1C. The Kier molecular flexibility index (Phi) is 7.28. The summed E-state index contributed by atoms with van der Waals surface area (Å²) >= 11 is 0. The van der Waals surface area contributed by atoms with E-state index in [0.717, 1.165) is 19.3 Å². The Hall–Kier alpha value is -1.83. The summed E-state index contributed by atoms with van der Waals surface area (Å²) in [5.74, 6) is -1.25. The third kappa shape index (κ3) is 5.38. The molecule has 1 saturated carbocycles. The molecule has 0 bridgehead atoms. The minimum Gasteiger partial charge on any atom is -0.480 e. The number of urea groups is 1. The number of rotatable bonds is 7. The zero-order chi connectivity index (χ0) is 17.6. The summed E-state index contributed by atoms with van der Waals surface area (Å²) in [7, 11) is 1.55. The van der Waals surface area contributed by atoms with E-state index in [1.165, 1.54) is 9.91 Å². The monoisotopic (exact) mass is 329 g/mol. The van der Waals surface area contributed by atoms with Crippen molar-refractivity contribution >= 4 is 18.0 Å². The molecule has 1 aliphatic carbocycles. The number of hydrogen-bond donors (Lipinski definition) is 2. The van der Waals surface area contributed by atoms with Crippen molar-refractivity contribution in [3.63, 3.8) is 0 Å². The summed E-state index contributed by atoms with van der Waals surface area (Å²) in [6, 6.07) is -1.27. The molecule has 1 aliphatic rings. The van der Waals surface area contributed by atoms with Crippen molar-refractivity contribution in [3.8, 4) is 0 Å². The van der Waals surface area contributed by atoms with Crippen molar-refractivity contribution < 1.29 is 24.2 Å². The number of nitrogens with one attached hydrogen (secondary N) is 1. The van der Waals surface area contributed by atoms with E-state index in [0.29, 0.717) is 0 Å². The Bertz CT molecular complexity index is 443. The first-order chi connectivity index (χ1) is 10.8. The van der Waals surface area contributed by atoms with Gasteiger partial charge in [0.2, 0.25) is 0 Å². The third-order valence-electron chi connectivity index (χ3n) is 4.26. The molecule has 1 rings (SSSR count). The van der Waals surface area contributed by atoms with Crippen LogP contribution in [0.3, 0.4) is 0 Å². The Balaban J connectivity index is 2.72. The lowest BCUT2D eigenvalue weighted by Crippen LogP contribution is -2.56. The number of likely N-dealkylation sites (N-methyl/N-ethyl adjacent to an activating group) is 1. The van der Waals surface area contributed by atoms with Gasteiger partial charge in [-0.25, -0.2) is 9.80 Å². The van der Waals surface area contributed by atoms with Gasteiger partial charge in [-0.1, -0.05) is 13.3 Å². The molecule has 0 radical (unpaired) electrons. The van der Waals surface area contributed by atoms with Crippen LogP contribution >= 0.6 is 0 Å². The highest BCUT2D eigenvalue weighted by Gasteiger charge is 2.34. The highest BCUT2D eigenvalue weighted by molar-refractivity contribution is 5.81. The zero-order valence-corrected chi connectivity index (χ0v) is 14.2. The van der Waals surface area contributed by atoms with Crippen LogP contribution in [0.25, 0.3) is 0 Å². The molecule has 8 heteroatoms. The van der Waals surface area contributed by atoms with E-state index in [1.54, 1.807) is 20.9 Å². The maximum absolute atomic E-state index is 12.5. The van der Waals surface area contributed by atoms with E-state index in [1.807, 2.05) is 6.92 Å². The molecule has 0 spiro atoms. The zero-order valence-electron chi connectivity index (χ0n) is 14.2. The molecular formula is C15H27N3O5. The van der Waals surface area contributed by atoms with Crippen molar-refractivity contribution in [2.75, 3.05) is 20.2 Å². The molecule has 0 aromatic carbocycles. The van der Waals surface area contributed by atoms with Crippen molar-refractivity contribution in [1.82, 2.24) is 15.3 Å². The molecule has 0 saturated heterocycles. The Morgan fingerprint density at radius 2 is 2.00 bits per heavy atom. The van der Waals surface area contributed by atoms with Crippen LogP contribution in [0.5, 0.6) is 0 Å². The molecule has 0 aliphatic heterocycles. The largest absolute Gasteiger partial charge is 0.480 e. The van der Waals surface area contributed by atoms with Gasteiger partial charge in [-0.2, -0.15) is 0 Å². The van der Waals surface area contributed by atoms with Gasteiger partial charge in [0.15, 0.2) is 0 Å². The van der Waals surface area contributed by atoms with Crippen molar-refractivity contribution in [3.05, 3.63) is 0 Å². The smallest absolute Gasteiger partial charge is 0.332 e. The highest BCUT2D eigenvalue weighted by Crippen LogP contribution is 2.29. The number of carboxylic acids is 1. The van der Waals surface area contributed by atoms with Crippen LogP contribution in [0, 0.1) is 5.92 Å². The van der Waals surface area contributed by atoms with E-state index in [2.05, 4.69) is 5.43 Å². The molecule has 0 aromatic rings. The van der Waals surface area contributed by atoms with Gasteiger partial charge in [0.1, 0.15) is 12.6 Å². The number of ether oxygens (including phenoxy) is 1. The minimum atomic E-state index is -1.06. The topological polar surface area (TPSA) is 99.2 Å². The van der Waals surface area contributed by atoms with E-state index in [4.69, 9.17) is 9.84 Å². The van der Waals surface area contributed by atoms with Crippen LogP contribution in [0.4, 0.5) is 4.79 Å². The van der Waals surface area contributed by atoms with Gasteiger partial charge in [0.05, 0.1) is 6.61 Å². The Labute approximate surface area is 136 Å². The molecule has 1 fully saturated rings. The summed E-state index contributed by atoms with van der Waals surface area (Å²) in [6.07, 6.45) is 2.74. The average molecular weight is 329 g/mol. The highest BCUT2D eigenvalue weighted by atomic mass is 16.5. The van der Waals surface area contributed by atoms with Crippen molar-refractivity contribution in [1.29, 1.82) is 0 Å². The number of hydrazine groups is 1. The lowest BCUT2D eigenvalue weighted by molar-refractivity contribution is -0.149. The third-order valence-corrected chi connectivity index (χ3v) is 4.26. The summed E-state index contributed by atoms with van der Waals surface area (Å²) in [5, 5.41) is 10.4. The van der Waals surface area contributed by atoms with Gasteiger partial charge in [0.25, 0.3) is 0 Å². The second-order valence-corrected chi connectivity index (χ2v) is 5.95. The summed E-state index contributed by atoms with van der Waals surface area (Å²) in [4.78, 5) is 36.6. The number of carbonyl (C=O) groups is 3. The van der Waals surface area contributed by atoms with Crippen LogP contribution in [0.15, 0.2) is 0 Å². The molecule has 0 aromatic heterocycles.